The standard InChI is InChI=1S/C56H84N6O8/c1-15-19-23-37(69-53(67)57-17-3)25-21-27-47(63)59-43-31-45-41(55(11,12)35(9)61(45)33(5)6)29-39(43)49-51(65)50(52(49)66)40-30-42-46(62(34(7)8)36(10)56(42,13)14)32-44(40)60-48(64)28-22-26-38(24-20-16-2)70-54(68)58-18-4/h29-38H,15-28H2,1-14H3,(H4,57,58,59,60,63,64,65,66,67,68). The van der Waals surface area contributed by atoms with Crippen molar-refractivity contribution in [1.29, 1.82) is 0 Å². The van der Waals surface area contributed by atoms with E-state index in [2.05, 4.69) is 114 Å². The van der Waals surface area contributed by atoms with Gasteiger partial charge in [0.25, 0.3) is 0 Å². The van der Waals surface area contributed by atoms with Gasteiger partial charge in [0.15, 0.2) is 11.8 Å². The molecule has 4 unspecified atom stereocenters. The molecule has 386 valence electrons. The molecule has 4 N–H and O–H groups in total. The fourth-order valence-electron chi connectivity index (χ4n) is 10.6. The molecular weight excluding hydrogens is 885 g/mol. The van der Waals surface area contributed by atoms with Crippen molar-refractivity contribution in [2.24, 2.45) is 0 Å². The number of hydrogen-bond donors (Lipinski definition) is 4. The van der Waals surface area contributed by atoms with Crippen molar-refractivity contribution in [3.05, 3.63) is 57.3 Å². The average molecular weight is 969 g/mol. The van der Waals surface area contributed by atoms with E-state index in [1.165, 1.54) is 0 Å². The molecule has 4 amide bonds. The number of unbranched alkanes of at least 4 members (excludes halogenated alkanes) is 2. The predicted molar refractivity (Wildman–Crippen MR) is 278 cm³/mol. The van der Waals surface area contributed by atoms with Gasteiger partial charge in [-0.3, -0.25) is 14.4 Å². The number of nitrogens with one attached hydrogen (secondary N) is 4. The van der Waals surface area contributed by atoms with Crippen LogP contribution in [0.2, 0.25) is 0 Å². The predicted octanol–water partition coefficient (Wildman–Crippen LogP) is 8.49. The van der Waals surface area contributed by atoms with Crippen molar-refractivity contribution in [1.82, 2.24) is 15.2 Å². The smallest absolute Gasteiger partial charge is 0.407 e. The molecule has 2 aromatic carbocycles. The molecule has 14 nitrogen and oxygen atoms in total. The van der Waals surface area contributed by atoms with Gasteiger partial charge in [0, 0.05) is 82.7 Å². The van der Waals surface area contributed by atoms with Gasteiger partial charge < -0.3 is 40.7 Å². The summed E-state index contributed by atoms with van der Waals surface area (Å²) in [5.74, 6) is -1.46. The van der Waals surface area contributed by atoms with Crippen LogP contribution in [-0.2, 0) is 34.7 Å². The summed E-state index contributed by atoms with van der Waals surface area (Å²) in [6.07, 6.45) is 5.71. The van der Waals surface area contributed by atoms with Crippen molar-refractivity contribution in [3.63, 3.8) is 0 Å². The van der Waals surface area contributed by atoms with Crippen LogP contribution in [0.4, 0.5) is 26.7 Å². The lowest BCUT2D eigenvalue weighted by molar-refractivity contribution is -0.292. The van der Waals surface area contributed by atoms with E-state index in [-0.39, 0.29) is 83.0 Å². The summed E-state index contributed by atoms with van der Waals surface area (Å²) in [5, 5.41) is 27.9. The number of carbonyl (C=O) groups is 5. The number of alkyl carbamates (subject to hydrolysis) is 2. The maximum Gasteiger partial charge on any atom is 0.407 e. The zero-order chi connectivity index (χ0) is 51.8. The summed E-state index contributed by atoms with van der Waals surface area (Å²) in [4.78, 5) is 69.7. The minimum Gasteiger partial charge on any atom is -0.871 e. The third kappa shape index (κ3) is 12.0. The van der Waals surface area contributed by atoms with E-state index < -0.39 is 23.7 Å². The summed E-state index contributed by atoms with van der Waals surface area (Å²) in [7, 11) is 0. The highest BCUT2D eigenvalue weighted by Crippen LogP contribution is 2.50. The van der Waals surface area contributed by atoms with E-state index in [0.29, 0.717) is 73.8 Å². The lowest BCUT2D eigenvalue weighted by Crippen LogP contribution is -2.42. The van der Waals surface area contributed by atoms with Crippen molar-refractivity contribution in [2.45, 2.75) is 221 Å². The third-order valence-electron chi connectivity index (χ3n) is 15.1. The number of allylic oxidation sites excluding steroid dienone is 2. The molecule has 0 spiro atoms. The highest BCUT2D eigenvalue weighted by atomic mass is 16.6. The molecule has 5 rings (SSSR count). The minimum absolute atomic E-state index is 0.00559. The van der Waals surface area contributed by atoms with Crippen molar-refractivity contribution < 1.29 is 38.6 Å². The van der Waals surface area contributed by atoms with Crippen LogP contribution in [0.15, 0.2) is 30.0 Å². The van der Waals surface area contributed by atoms with Crippen molar-refractivity contribution >= 4 is 58.0 Å². The monoisotopic (exact) mass is 969 g/mol. The second-order valence-corrected chi connectivity index (χ2v) is 21.3. The number of anilines is 3. The summed E-state index contributed by atoms with van der Waals surface area (Å²) >= 11 is 0. The minimum atomic E-state index is -0.469. The molecule has 14 heteroatoms. The zero-order valence-electron chi connectivity index (χ0n) is 44.8. The number of Topliss-reactive ketones (excluding diaryl/α,β-unsaturated/α-hetero) is 1. The highest BCUT2D eigenvalue weighted by Gasteiger charge is 2.47. The first-order valence-electron chi connectivity index (χ1n) is 26.3. The van der Waals surface area contributed by atoms with Crippen LogP contribution in [-0.4, -0.2) is 79.2 Å². The first kappa shape index (κ1) is 55.5. The summed E-state index contributed by atoms with van der Waals surface area (Å²) < 4.78 is 13.7. The first-order valence-corrected chi connectivity index (χ1v) is 26.3. The van der Waals surface area contributed by atoms with E-state index in [9.17, 15) is 29.1 Å². The molecule has 1 aliphatic carbocycles. The van der Waals surface area contributed by atoms with Crippen LogP contribution < -0.4 is 46.4 Å². The zero-order valence-corrected chi connectivity index (χ0v) is 44.8. The Hall–Kier alpha value is -5.40. The van der Waals surface area contributed by atoms with Gasteiger partial charge in [0.1, 0.15) is 18.2 Å². The number of fused-ring (bicyclic) bond motifs is 2. The quantitative estimate of drug-likeness (QED) is 0.0795. The number of amides is 4. The Kier molecular flexibility index (Phi) is 18.8. The third-order valence-corrected chi connectivity index (χ3v) is 15.1. The molecule has 0 saturated carbocycles. The van der Waals surface area contributed by atoms with Crippen LogP contribution in [0.25, 0.3) is 11.1 Å². The highest BCUT2D eigenvalue weighted by molar-refractivity contribution is 6.52. The average Bonchev–Trinajstić information content (AvgIpc) is 3.60. The van der Waals surface area contributed by atoms with E-state index >= 15 is 0 Å². The van der Waals surface area contributed by atoms with Gasteiger partial charge in [-0.05, 0) is 132 Å². The molecule has 2 aliphatic heterocycles. The van der Waals surface area contributed by atoms with E-state index in [1.54, 1.807) is 0 Å². The molecule has 0 aromatic heterocycles. The number of carbonyl (C=O) groups excluding carboxylic acids is 5. The number of nitrogens with zero attached hydrogens (tertiary/aromatic N) is 2. The molecule has 2 heterocycles. The second-order valence-electron chi connectivity index (χ2n) is 21.3. The number of ketones is 1. The van der Waals surface area contributed by atoms with Gasteiger partial charge in [0.2, 0.25) is 17.2 Å². The second kappa shape index (κ2) is 23.7. The maximum atomic E-state index is 14.9. The fourth-order valence-corrected chi connectivity index (χ4v) is 10.6. The normalized spacial score (nSPS) is 19.4. The largest absolute Gasteiger partial charge is 0.871 e. The van der Waals surface area contributed by atoms with Crippen LogP contribution in [0.1, 0.15) is 191 Å². The number of ether oxygens (including phenoxy) is 2. The SMILES string of the molecule is CCCCC(CCCC(=O)Nc1cc2c(cc1C1=C([O-])/C(=c3/cc4c(cc3NC(=O)CCCC(CCCC)OC(=O)NCC)=[N+](C(C)C)C(C)C4(C)C)C1=O)C(C)(C)C(C)N2C(C)C)OC(=O)NCC. The van der Waals surface area contributed by atoms with Gasteiger partial charge >= 0.3 is 12.2 Å². The fraction of sp³-hybridized carbons (Fsp3) is 0.643. The van der Waals surface area contributed by atoms with E-state index in [0.717, 1.165) is 47.9 Å². The summed E-state index contributed by atoms with van der Waals surface area (Å²) in [6.45, 7) is 30.2. The Bertz CT molecular complexity index is 2440. The molecule has 0 saturated heterocycles. The molecular formula is C56H84N6O8. The number of rotatable bonds is 23. The van der Waals surface area contributed by atoms with Crippen LogP contribution in [0.5, 0.6) is 0 Å². The van der Waals surface area contributed by atoms with E-state index in [4.69, 9.17) is 9.47 Å². The molecule has 2 aromatic rings. The van der Waals surface area contributed by atoms with Gasteiger partial charge in [0.05, 0.1) is 16.8 Å². The summed E-state index contributed by atoms with van der Waals surface area (Å²) in [5.41, 5.74) is 3.31. The molecule has 0 fully saturated rings. The Morgan fingerprint density at radius 2 is 1.21 bits per heavy atom. The lowest BCUT2D eigenvalue weighted by atomic mass is 9.76. The maximum absolute atomic E-state index is 14.9. The molecule has 3 aliphatic rings. The van der Waals surface area contributed by atoms with Gasteiger partial charge in [-0.15, -0.1) is 0 Å². The van der Waals surface area contributed by atoms with Gasteiger partial charge in [-0.1, -0.05) is 59.1 Å². The molecule has 0 radical (unpaired) electrons. The van der Waals surface area contributed by atoms with Crippen molar-refractivity contribution in [3.8, 4) is 0 Å². The van der Waals surface area contributed by atoms with E-state index in [1.807, 2.05) is 38.1 Å². The number of benzene rings is 2. The topological polar surface area (TPSA) is 181 Å². The molecule has 0 bridgehead atoms. The first-order chi connectivity index (χ1) is 33.0. The van der Waals surface area contributed by atoms with Gasteiger partial charge in [-0.25, -0.2) is 14.2 Å². The summed E-state index contributed by atoms with van der Waals surface area (Å²) in [6, 6.07) is 8.10. The van der Waals surface area contributed by atoms with Crippen LogP contribution in [0.3, 0.4) is 0 Å². The van der Waals surface area contributed by atoms with Crippen LogP contribution >= 0.6 is 0 Å². The lowest BCUT2D eigenvalue weighted by Gasteiger charge is -2.34. The Balaban J connectivity index is 1.58. The Morgan fingerprint density at radius 3 is 1.69 bits per heavy atom. The Labute approximate surface area is 417 Å². The molecule has 4 atom stereocenters. The van der Waals surface area contributed by atoms with Crippen LogP contribution in [0, 0.1) is 0 Å². The van der Waals surface area contributed by atoms with Gasteiger partial charge in [-0.2, -0.15) is 0 Å². The molecule has 70 heavy (non-hydrogen) atoms. The Morgan fingerprint density at radius 1 is 0.700 bits per heavy atom. The van der Waals surface area contributed by atoms with Crippen molar-refractivity contribution in [2.75, 3.05) is 28.6 Å². The number of hydrogen-bond acceptors (Lipinski definition) is 9.